The predicted molar refractivity (Wildman–Crippen MR) is 78.2 cm³/mol. The first-order chi connectivity index (χ1) is 9.81. The van der Waals surface area contributed by atoms with Crippen molar-refractivity contribution < 1.29 is 24.2 Å². The maximum absolute atomic E-state index is 14.0. The van der Waals surface area contributed by atoms with Crippen molar-refractivity contribution >= 4 is 27.9 Å². The summed E-state index contributed by atoms with van der Waals surface area (Å²) >= 11 is 3.13. The molecule has 6 heteroatoms. The number of carboxylic acid groups (broad SMARTS) is 2. The molecule has 0 atom stereocenters. The molecule has 0 saturated heterocycles. The van der Waals surface area contributed by atoms with E-state index in [4.69, 9.17) is 10.2 Å². The summed E-state index contributed by atoms with van der Waals surface area (Å²) < 4.78 is 14.5. The Labute approximate surface area is 128 Å². The van der Waals surface area contributed by atoms with Crippen LogP contribution in [0, 0.1) is 12.7 Å². The van der Waals surface area contributed by atoms with Crippen molar-refractivity contribution in [3.63, 3.8) is 0 Å². The first-order valence-corrected chi connectivity index (χ1v) is 6.67. The standard InChI is InChI=1S/C15H10BrFO4/c1-7-11(14(18)19)4-8(5-12(7)15(20)21)10-3-2-9(16)6-13(10)17/h2-6H,1H3,(H,18,19)(H,20,21). The molecule has 0 amide bonds. The molecule has 0 heterocycles. The summed E-state index contributed by atoms with van der Waals surface area (Å²) in [5, 5.41) is 18.3. The summed E-state index contributed by atoms with van der Waals surface area (Å²) in [6.07, 6.45) is 0. The average Bonchev–Trinajstić information content (AvgIpc) is 2.38. The Morgan fingerprint density at radius 3 is 2.00 bits per heavy atom. The molecule has 0 spiro atoms. The molecule has 0 saturated carbocycles. The lowest BCUT2D eigenvalue weighted by molar-refractivity contribution is 0.0696. The summed E-state index contributed by atoms with van der Waals surface area (Å²) in [7, 11) is 0. The van der Waals surface area contributed by atoms with Gasteiger partial charge in [0.25, 0.3) is 0 Å². The van der Waals surface area contributed by atoms with E-state index in [1.54, 1.807) is 6.07 Å². The number of hydrogen-bond acceptors (Lipinski definition) is 2. The van der Waals surface area contributed by atoms with Gasteiger partial charge in [-0.2, -0.15) is 0 Å². The molecular formula is C15H10BrFO4. The third-order valence-corrected chi connectivity index (χ3v) is 3.60. The number of halogens is 2. The summed E-state index contributed by atoms with van der Waals surface area (Å²) in [6.45, 7) is 1.41. The molecule has 0 aliphatic heterocycles. The fourth-order valence-electron chi connectivity index (χ4n) is 2.04. The van der Waals surface area contributed by atoms with Gasteiger partial charge in [0.15, 0.2) is 0 Å². The number of hydrogen-bond donors (Lipinski definition) is 2. The van der Waals surface area contributed by atoms with E-state index < -0.39 is 17.8 Å². The van der Waals surface area contributed by atoms with Crippen LogP contribution in [-0.4, -0.2) is 22.2 Å². The van der Waals surface area contributed by atoms with Gasteiger partial charge in [-0.05, 0) is 42.3 Å². The molecule has 0 aliphatic carbocycles. The fourth-order valence-corrected chi connectivity index (χ4v) is 2.37. The molecule has 2 N–H and O–H groups in total. The first-order valence-electron chi connectivity index (χ1n) is 5.88. The van der Waals surface area contributed by atoms with Gasteiger partial charge < -0.3 is 10.2 Å². The molecule has 2 rings (SSSR count). The second-order valence-electron chi connectivity index (χ2n) is 4.43. The number of rotatable bonds is 3. The lowest BCUT2D eigenvalue weighted by Crippen LogP contribution is -2.08. The van der Waals surface area contributed by atoms with Crippen molar-refractivity contribution in [2.45, 2.75) is 6.92 Å². The van der Waals surface area contributed by atoms with Crippen LogP contribution < -0.4 is 0 Å². The maximum Gasteiger partial charge on any atom is 0.335 e. The zero-order chi connectivity index (χ0) is 15.7. The van der Waals surface area contributed by atoms with Gasteiger partial charge in [-0.25, -0.2) is 14.0 Å². The van der Waals surface area contributed by atoms with Crippen LogP contribution in [0.5, 0.6) is 0 Å². The molecule has 21 heavy (non-hydrogen) atoms. The largest absolute Gasteiger partial charge is 0.478 e. The molecule has 2 aromatic rings. The smallest absolute Gasteiger partial charge is 0.335 e. The van der Waals surface area contributed by atoms with E-state index in [9.17, 15) is 14.0 Å². The molecular weight excluding hydrogens is 343 g/mol. The zero-order valence-corrected chi connectivity index (χ0v) is 12.4. The van der Waals surface area contributed by atoms with E-state index in [1.807, 2.05) is 0 Å². The maximum atomic E-state index is 14.0. The van der Waals surface area contributed by atoms with Crippen LogP contribution in [0.4, 0.5) is 4.39 Å². The van der Waals surface area contributed by atoms with Gasteiger partial charge in [-0.3, -0.25) is 0 Å². The van der Waals surface area contributed by atoms with E-state index in [2.05, 4.69) is 15.9 Å². The average molecular weight is 353 g/mol. The van der Waals surface area contributed by atoms with Crippen molar-refractivity contribution in [2.75, 3.05) is 0 Å². The Morgan fingerprint density at radius 1 is 1.05 bits per heavy atom. The minimum atomic E-state index is -1.26. The quantitative estimate of drug-likeness (QED) is 0.876. The molecule has 0 fully saturated rings. The summed E-state index contributed by atoms with van der Waals surface area (Å²) in [5.41, 5.74) is 0.166. The second kappa shape index (κ2) is 5.65. The highest BCUT2D eigenvalue weighted by Gasteiger charge is 2.18. The molecule has 2 aromatic carbocycles. The summed E-state index contributed by atoms with van der Waals surface area (Å²) in [6, 6.07) is 6.84. The first kappa shape index (κ1) is 15.2. The topological polar surface area (TPSA) is 74.6 Å². The Bertz CT molecular complexity index is 720. The van der Waals surface area contributed by atoms with Crippen molar-refractivity contribution in [3.05, 3.63) is 57.3 Å². The van der Waals surface area contributed by atoms with Crippen LogP contribution in [-0.2, 0) is 0 Å². The van der Waals surface area contributed by atoms with Gasteiger partial charge in [-0.15, -0.1) is 0 Å². The Balaban J connectivity index is 2.75. The van der Waals surface area contributed by atoms with Gasteiger partial charge in [0.1, 0.15) is 5.82 Å². The number of benzene rings is 2. The van der Waals surface area contributed by atoms with Gasteiger partial charge >= 0.3 is 11.9 Å². The summed E-state index contributed by atoms with van der Waals surface area (Å²) in [4.78, 5) is 22.4. The number of carbonyl (C=O) groups is 2. The Morgan fingerprint density at radius 2 is 1.57 bits per heavy atom. The van der Waals surface area contributed by atoms with Crippen LogP contribution in [0.25, 0.3) is 11.1 Å². The molecule has 108 valence electrons. The van der Waals surface area contributed by atoms with Gasteiger partial charge in [0.05, 0.1) is 11.1 Å². The number of carboxylic acids is 2. The molecule has 0 aliphatic rings. The zero-order valence-electron chi connectivity index (χ0n) is 10.9. The minimum absolute atomic E-state index is 0.135. The van der Waals surface area contributed by atoms with Crippen LogP contribution in [0.15, 0.2) is 34.8 Å². The van der Waals surface area contributed by atoms with Crippen molar-refractivity contribution in [1.29, 1.82) is 0 Å². The molecule has 0 bridgehead atoms. The normalized spacial score (nSPS) is 10.4. The van der Waals surface area contributed by atoms with E-state index >= 15 is 0 Å². The van der Waals surface area contributed by atoms with Crippen molar-refractivity contribution in [3.8, 4) is 11.1 Å². The monoisotopic (exact) mass is 352 g/mol. The molecule has 0 unspecified atom stereocenters. The van der Waals surface area contributed by atoms with E-state index in [-0.39, 0.29) is 27.8 Å². The highest BCUT2D eigenvalue weighted by Crippen LogP contribution is 2.29. The lowest BCUT2D eigenvalue weighted by atomic mass is 9.95. The van der Waals surface area contributed by atoms with Crippen LogP contribution in [0.1, 0.15) is 26.3 Å². The fraction of sp³-hybridized carbons (Fsp3) is 0.0667. The Hall–Kier alpha value is -2.21. The molecule has 4 nitrogen and oxygen atoms in total. The second-order valence-corrected chi connectivity index (χ2v) is 5.35. The van der Waals surface area contributed by atoms with Gasteiger partial charge in [-0.1, -0.05) is 22.0 Å². The van der Waals surface area contributed by atoms with E-state index in [1.165, 1.54) is 31.2 Å². The third kappa shape index (κ3) is 2.95. The van der Waals surface area contributed by atoms with Gasteiger partial charge in [0, 0.05) is 10.0 Å². The van der Waals surface area contributed by atoms with E-state index in [0.29, 0.717) is 4.47 Å². The Kier molecular flexibility index (Phi) is 4.09. The van der Waals surface area contributed by atoms with Crippen LogP contribution in [0.3, 0.4) is 0 Å². The third-order valence-electron chi connectivity index (χ3n) is 3.11. The lowest BCUT2D eigenvalue weighted by Gasteiger charge is -2.10. The minimum Gasteiger partial charge on any atom is -0.478 e. The molecule has 0 aromatic heterocycles. The highest BCUT2D eigenvalue weighted by atomic mass is 79.9. The summed E-state index contributed by atoms with van der Waals surface area (Å²) in [5.74, 6) is -3.08. The van der Waals surface area contributed by atoms with Gasteiger partial charge in [0.2, 0.25) is 0 Å². The SMILES string of the molecule is Cc1c(C(=O)O)cc(-c2ccc(Br)cc2F)cc1C(=O)O. The van der Waals surface area contributed by atoms with Crippen molar-refractivity contribution in [1.82, 2.24) is 0 Å². The predicted octanol–water partition coefficient (Wildman–Crippen LogP) is 3.96. The van der Waals surface area contributed by atoms with Crippen LogP contribution >= 0.6 is 15.9 Å². The van der Waals surface area contributed by atoms with Crippen LogP contribution in [0.2, 0.25) is 0 Å². The number of aromatic carboxylic acids is 2. The van der Waals surface area contributed by atoms with Crippen molar-refractivity contribution in [2.24, 2.45) is 0 Å². The van der Waals surface area contributed by atoms with E-state index in [0.717, 1.165) is 0 Å². The highest BCUT2D eigenvalue weighted by molar-refractivity contribution is 9.10. The molecule has 0 radical (unpaired) electrons.